The van der Waals surface area contributed by atoms with Crippen LogP contribution >= 0.6 is 0 Å². The molecular weight excluding hydrogens is 316 g/mol. The Morgan fingerprint density at radius 2 is 1.72 bits per heavy atom. The summed E-state index contributed by atoms with van der Waals surface area (Å²) in [5, 5.41) is 0. The summed E-state index contributed by atoms with van der Waals surface area (Å²) in [7, 11) is 0. The van der Waals surface area contributed by atoms with Gasteiger partial charge in [-0.1, -0.05) is 6.08 Å². The van der Waals surface area contributed by atoms with Crippen molar-refractivity contribution in [1.29, 1.82) is 0 Å². The van der Waals surface area contributed by atoms with Gasteiger partial charge in [-0.05, 0) is 51.0 Å². The third-order valence-corrected chi connectivity index (χ3v) is 3.86. The monoisotopic (exact) mass is 342 g/mol. The predicted octanol–water partition coefficient (Wildman–Crippen LogP) is 3.45. The lowest BCUT2D eigenvalue weighted by Gasteiger charge is -2.18. The van der Waals surface area contributed by atoms with Gasteiger partial charge in [0.15, 0.2) is 0 Å². The molecule has 4 N–H and O–H groups in total. The summed E-state index contributed by atoms with van der Waals surface area (Å²) < 4.78 is 11.7. The SMILES string of the molecule is CC=C(C)c1c(OCC)cc(Cc2cnc(N)nc2N)cc1OCC. The van der Waals surface area contributed by atoms with Crippen molar-refractivity contribution in [2.75, 3.05) is 24.7 Å². The minimum Gasteiger partial charge on any atom is -0.493 e. The maximum atomic E-state index is 5.96. The lowest BCUT2D eigenvalue weighted by atomic mass is 9.99. The molecule has 1 heterocycles. The zero-order valence-electron chi connectivity index (χ0n) is 15.3. The fourth-order valence-corrected chi connectivity index (χ4v) is 2.61. The lowest BCUT2D eigenvalue weighted by Crippen LogP contribution is -2.06. The number of aromatic nitrogens is 2. The summed E-state index contributed by atoms with van der Waals surface area (Å²) in [6.07, 6.45) is 4.27. The summed E-state index contributed by atoms with van der Waals surface area (Å²) in [5.74, 6) is 2.16. The third kappa shape index (κ3) is 4.41. The van der Waals surface area contributed by atoms with Crippen molar-refractivity contribution in [3.63, 3.8) is 0 Å². The highest BCUT2D eigenvalue weighted by molar-refractivity contribution is 5.75. The average molecular weight is 342 g/mol. The second kappa shape index (κ2) is 8.37. The Kier molecular flexibility index (Phi) is 6.22. The van der Waals surface area contributed by atoms with Crippen molar-refractivity contribution in [2.45, 2.75) is 34.1 Å². The second-order valence-electron chi connectivity index (χ2n) is 5.62. The molecule has 6 heteroatoms. The van der Waals surface area contributed by atoms with Crippen molar-refractivity contribution < 1.29 is 9.47 Å². The number of ether oxygens (including phenoxy) is 2. The Morgan fingerprint density at radius 3 is 2.20 bits per heavy atom. The summed E-state index contributed by atoms with van der Waals surface area (Å²) >= 11 is 0. The van der Waals surface area contributed by atoms with Gasteiger partial charge in [0.25, 0.3) is 0 Å². The van der Waals surface area contributed by atoms with Gasteiger partial charge in [-0.3, -0.25) is 0 Å². The summed E-state index contributed by atoms with van der Waals surface area (Å²) in [4.78, 5) is 8.05. The first kappa shape index (κ1) is 18.6. The van der Waals surface area contributed by atoms with Crippen LogP contribution in [0.15, 0.2) is 24.4 Å². The van der Waals surface area contributed by atoms with Gasteiger partial charge in [-0.15, -0.1) is 0 Å². The second-order valence-corrected chi connectivity index (χ2v) is 5.62. The Hall–Kier alpha value is -2.76. The summed E-state index contributed by atoms with van der Waals surface area (Å²) in [6, 6.07) is 4.04. The molecule has 134 valence electrons. The zero-order chi connectivity index (χ0) is 18.4. The van der Waals surface area contributed by atoms with Crippen molar-refractivity contribution in [3.8, 4) is 11.5 Å². The van der Waals surface area contributed by atoms with Gasteiger partial charge in [0.05, 0.1) is 18.8 Å². The van der Waals surface area contributed by atoms with Crippen molar-refractivity contribution in [1.82, 2.24) is 9.97 Å². The summed E-state index contributed by atoms with van der Waals surface area (Å²) in [6.45, 7) is 9.13. The average Bonchev–Trinajstić information content (AvgIpc) is 2.57. The van der Waals surface area contributed by atoms with Crippen LogP contribution in [0.4, 0.5) is 11.8 Å². The number of hydrogen-bond donors (Lipinski definition) is 2. The molecular formula is C19H26N4O2. The van der Waals surface area contributed by atoms with Crippen LogP contribution in [-0.4, -0.2) is 23.2 Å². The molecule has 25 heavy (non-hydrogen) atoms. The van der Waals surface area contributed by atoms with Crippen LogP contribution in [0.3, 0.4) is 0 Å². The van der Waals surface area contributed by atoms with Gasteiger partial charge in [-0.2, -0.15) is 4.98 Å². The van der Waals surface area contributed by atoms with E-state index in [2.05, 4.69) is 9.97 Å². The lowest BCUT2D eigenvalue weighted by molar-refractivity contribution is 0.321. The predicted molar refractivity (Wildman–Crippen MR) is 102 cm³/mol. The summed E-state index contributed by atoms with van der Waals surface area (Å²) in [5.41, 5.74) is 15.4. The van der Waals surface area contributed by atoms with E-state index in [-0.39, 0.29) is 5.95 Å². The molecule has 2 aromatic rings. The quantitative estimate of drug-likeness (QED) is 0.800. The van der Waals surface area contributed by atoms with Gasteiger partial charge in [0.2, 0.25) is 5.95 Å². The van der Waals surface area contributed by atoms with E-state index >= 15 is 0 Å². The number of rotatable bonds is 7. The van der Waals surface area contributed by atoms with Crippen LogP contribution in [0, 0.1) is 0 Å². The molecule has 0 aliphatic heterocycles. The number of hydrogen-bond acceptors (Lipinski definition) is 6. The fourth-order valence-electron chi connectivity index (χ4n) is 2.61. The number of nitrogens with two attached hydrogens (primary N) is 2. The molecule has 0 fully saturated rings. The van der Waals surface area contributed by atoms with Gasteiger partial charge in [0.1, 0.15) is 17.3 Å². The molecule has 0 atom stereocenters. The Balaban J connectivity index is 2.51. The van der Waals surface area contributed by atoms with E-state index in [1.807, 2.05) is 45.9 Å². The number of nitrogen functional groups attached to an aromatic ring is 2. The van der Waals surface area contributed by atoms with Gasteiger partial charge >= 0.3 is 0 Å². The largest absolute Gasteiger partial charge is 0.493 e. The Bertz CT molecular complexity index is 745. The van der Waals surface area contributed by atoms with E-state index < -0.39 is 0 Å². The van der Waals surface area contributed by atoms with Crippen LogP contribution in [-0.2, 0) is 6.42 Å². The first-order valence-corrected chi connectivity index (χ1v) is 8.42. The highest BCUT2D eigenvalue weighted by atomic mass is 16.5. The number of nitrogens with zero attached hydrogens (tertiary/aromatic N) is 2. The van der Waals surface area contributed by atoms with Crippen molar-refractivity contribution >= 4 is 17.3 Å². The number of benzene rings is 1. The minimum atomic E-state index is 0.172. The normalized spacial score (nSPS) is 11.4. The Labute approximate surface area is 148 Å². The van der Waals surface area contributed by atoms with E-state index in [1.165, 1.54) is 0 Å². The van der Waals surface area contributed by atoms with Crippen LogP contribution in [0.25, 0.3) is 5.57 Å². The zero-order valence-corrected chi connectivity index (χ0v) is 15.3. The van der Waals surface area contributed by atoms with Crippen LogP contribution in [0.2, 0.25) is 0 Å². The van der Waals surface area contributed by atoms with Crippen molar-refractivity contribution in [3.05, 3.63) is 41.1 Å². The third-order valence-electron chi connectivity index (χ3n) is 3.86. The van der Waals surface area contributed by atoms with Gasteiger partial charge in [-0.25, -0.2) is 4.98 Å². The van der Waals surface area contributed by atoms with Gasteiger partial charge < -0.3 is 20.9 Å². The van der Waals surface area contributed by atoms with Crippen LogP contribution in [0.1, 0.15) is 44.4 Å². The molecule has 0 radical (unpaired) electrons. The molecule has 0 saturated carbocycles. The maximum absolute atomic E-state index is 5.96. The first-order chi connectivity index (χ1) is 12.0. The molecule has 0 spiro atoms. The molecule has 6 nitrogen and oxygen atoms in total. The minimum absolute atomic E-state index is 0.172. The van der Waals surface area contributed by atoms with E-state index in [0.29, 0.717) is 25.5 Å². The molecule has 0 amide bonds. The van der Waals surface area contributed by atoms with E-state index in [0.717, 1.165) is 33.8 Å². The first-order valence-electron chi connectivity index (χ1n) is 8.42. The molecule has 0 saturated heterocycles. The van der Waals surface area contributed by atoms with Crippen LogP contribution in [0.5, 0.6) is 11.5 Å². The van der Waals surface area contributed by atoms with Gasteiger partial charge in [0, 0.05) is 18.2 Å². The molecule has 0 aliphatic rings. The molecule has 0 aliphatic carbocycles. The molecule has 1 aromatic heterocycles. The van der Waals surface area contributed by atoms with E-state index in [4.69, 9.17) is 20.9 Å². The topological polar surface area (TPSA) is 96.3 Å². The molecule has 2 rings (SSSR count). The molecule has 0 unspecified atom stereocenters. The highest BCUT2D eigenvalue weighted by Gasteiger charge is 2.16. The van der Waals surface area contributed by atoms with E-state index in [9.17, 15) is 0 Å². The van der Waals surface area contributed by atoms with E-state index in [1.54, 1.807) is 6.20 Å². The highest BCUT2D eigenvalue weighted by Crippen LogP contribution is 2.37. The van der Waals surface area contributed by atoms with Crippen LogP contribution < -0.4 is 20.9 Å². The maximum Gasteiger partial charge on any atom is 0.221 e. The van der Waals surface area contributed by atoms with Crippen molar-refractivity contribution in [2.24, 2.45) is 0 Å². The fraction of sp³-hybridized carbons (Fsp3) is 0.368. The molecule has 0 bridgehead atoms. The number of allylic oxidation sites excluding steroid dienone is 2. The standard InChI is InChI=1S/C19H26N4O2/c1-5-12(4)17-15(24-6-2)9-13(10-16(17)25-7-3)8-14-11-22-19(21)23-18(14)20/h5,9-11H,6-8H2,1-4H3,(H4,20,21,22,23). The number of anilines is 2. The molecule has 1 aromatic carbocycles. The Morgan fingerprint density at radius 1 is 1.12 bits per heavy atom. The smallest absolute Gasteiger partial charge is 0.221 e.